The Kier molecular flexibility index (Phi) is 15.8. The fraction of sp³-hybridized carbons (Fsp3) is 0.625. The highest BCUT2D eigenvalue weighted by Crippen LogP contribution is 2.41. The number of halogens is 2. The molecule has 21 heteroatoms. The minimum absolute atomic E-state index is 0.0335. The van der Waals surface area contributed by atoms with E-state index >= 15 is 0 Å². The van der Waals surface area contributed by atoms with E-state index in [1.54, 1.807) is 6.08 Å². The number of phosphoric ester groups is 1. The van der Waals surface area contributed by atoms with Crippen LogP contribution in [0.15, 0.2) is 30.4 Å². The van der Waals surface area contributed by atoms with Crippen molar-refractivity contribution in [2.75, 3.05) is 19.6 Å². The molecule has 4 aliphatic rings. The Morgan fingerprint density at radius 3 is 2.31 bits per heavy atom. The predicted molar refractivity (Wildman–Crippen MR) is 211 cm³/mol. The van der Waals surface area contributed by atoms with Crippen LogP contribution in [0.25, 0.3) is 0 Å². The van der Waals surface area contributed by atoms with Crippen molar-refractivity contribution in [1.82, 2.24) is 30.7 Å². The maximum Gasteiger partial charge on any atom is 0.469 e. The number of nitrogens with one attached hydrogen (secondary N) is 3. The number of cyclic esters (lactones) is 1. The quantitative estimate of drug-likeness (QED) is 0.0917. The molecule has 0 aliphatic carbocycles. The lowest BCUT2D eigenvalue weighted by atomic mass is 9.98. The molecule has 0 aromatic heterocycles. The van der Waals surface area contributed by atoms with Crippen LogP contribution >= 0.6 is 7.82 Å². The van der Waals surface area contributed by atoms with Gasteiger partial charge in [-0.15, -0.1) is 0 Å². The number of phosphoric acid groups is 1. The van der Waals surface area contributed by atoms with Gasteiger partial charge in [0, 0.05) is 38.5 Å². The monoisotopic (exact) mass is 880 g/mol. The summed E-state index contributed by atoms with van der Waals surface area (Å²) in [7, 11) is -5.19. The minimum Gasteiger partial charge on any atom is -0.458 e. The first-order valence-corrected chi connectivity index (χ1v) is 22.2. The van der Waals surface area contributed by atoms with Gasteiger partial charge in [-0.1, -0.05) is 32.8 Å². The molecule has 18 nitrogen and oxygen atoms in total. The number of fused-ring (bicyclic) bond motifs is 3. The number of carbonyl (C=O) groups excluding carboxylic acids is 7. The molecular formula is C40H55F2N6O12P. The molecule has 4 heterocycles. The van der Waals surface area contributed by atoms with E-state index in [1.807, 2.05) is 13.8 Å². The second-order valence-corrected chi connectivity index (χ2v) is 17.5. The molecule has 0 radical (unpaired) electrons. The number of benzene rings is 1. The maximum atomic E-state index is 14.9. The molecule has 1 aromatic rings. The molecular weight excluding hydrogens is 825 g/mol. The summed E-state index contributed by atoms with van der Waals surface area (Å²) in [5.41, 5.74) is -0.0335. The van der Waals surface area contributed by atoms with Gasteiger partial charge in [0.15, 0.2) is 0 Å². The highest BCUT2D eigenvalue weighted by atomic mass is 31.2. The number of amides is 6. The molecule has 5 rings (SSSR count). The van der Waals surface area contributed by atoms with Crippen molar-refractivity contribution in [3.63, 3.8) is 0 Å². The van der Waals surface area contributed by atoms with Gasteiger partial charge in [-0.3, -0.25) is 33.3 Å². The zero-order chi connectivity index (χ0) is 44.8. The van der Waals surface area contributed by atoms with Crippen LogP contribution in [0.2, 0.25) is 0 Å². The fourth-order valence-corrected chi connectivity index (χ4v) is 8.93. The Labute approximate surface area is 352 Å². The Morgan fingerprint density at radius 2 is 1.64 bits per heavy atom. The van der Waals surface area contributed by atoms with E-state index in [0.717, 1.165) is 29.9 Å². The van der Waals surface area contributed by atoms with Gasteiger partial charge in [-0.05, 0) is 75.6 Å². The number of ether oxygens (including phenoxy) is 1. The van der Waals surface area contributed by atoms with Crippen LogP contribution in [-0.4, -0.2) is 134 Å². The van der Waals surface area contributed by atoms with E-state index in [1.165, 1.54) is 29.7 Å². The summed E-state index contributed by atoms with van der Waals surface area (Å²) in [5, 5.41) is 7.70. The predicted octanol–water partition coefficient (Wildman–Crippen LogP) is 1.37. The van der Waals surface area contributed by atoms with E-state index in [2.05, 4.69) is 16.0 Å². The van der Waals surface area contributed by atoms with Crippen LogP contribution < -0.4 is 16.0 Å². The topological polar surface area (TPSA) is 241 Å². The Bertz CT molecular complexity index is 1910. The first-order valence-electron chi connectivity index (χ1n) is 20.6. The zero-order valence-electron chi connectivity index (χ0n) is 34.6. The molecule has 1 aromatic carbocycles. The third kappa shape index (κ3) is 12.2. The lowest BCUT2D eigenvalue weighted by Gasteiger charge is -2.39. The molecule has 6 amide bonds. The van der Waals surface area contributed by atoms with Crippen LogP contribution in [0.3, 0.4) is 0 Å². The summed E-state index contributed by atoms with van der Waals surface area (Å²) in [6, 6.07) is -5.79. The van der Waals surface area contributed by atoms with Gasteiger partial charge in [-0.25, -0.2) is 18.1 Å². The standard InChI is InChI=1S/C40H55F2N6O12P/c1-5-6-7-8-12-33(49)44-29(17-25-15-26(41)18-27(42)16-25)35(50)45-34-24(4)59-40(55)32-14-22(2)20-47(32)37(52)23(3)43-36(51)30-11-9-10-13-46(30)38(53)31-19-28(60-61(56,57)58)21-48(31)39(34)54/h8,12,15-16,18,22-24,28-32,34H,5-7,9-11,13-14,17,19-21H2,1-4H3,(H,43,51)(H,44,49)(H,45,50)(H2,56,57,58)/b12-8+/t22-,23-,24-,28+,29-,30-,31-,32?,34-/m0/s1. The number of nitrogens with zero attached hydrogens (tertiary/aromatic N) is 3. The Balaban J connectivity index is 1.57. The second kappa shape index (κ2) is 20.4. The van der Waals surface area contributed by atoms with E-state index < -0.39 is 129 Å². The van der Waals surface area contributed by atoms with Crippen molar-refractivity contribution in [1.29, 1.82) is 0 Å². The first-order chi connectivity index (χ1) is 28.8. The number of piperidine rings is 1. The van der Waals surface area contributed by atoms with Crippen molar-refractivity contribution >= 4 is 49.2 Å². The molecule has 1 unspecified atom stereocenters. The zero-order valence-corrected chi connectivity index (χ0v) is 35.5. The number of unbranched alkanes of at least 4 members (excludes halogenated alkanes) is 2. The largest absolute Gasteiger partial charge is 0.469 e. The number of allylic oxidation sites excluding steroid dienone is 1. The Morgan fingerprint density at radius 1 is 0.951 bits per heavy atom. The highest BCUT2D eigenvalue weighted by molar-refractivity contribution is 7.46. The summed E-state index contributed by atoms with van der Waals surface area (Å²) in [4.78, 5) is 121. The smallest absolute Gasteiger partial charge is 0.458 e. The van der Waals surface area contributed by atoms with Gasteiger partial charge in [0.2, 0.25) is 35.4 Å². The molecule has 9 atom stereocenters. The molecule has 5 N–H and O–H groups in total. The molecule has 0 bridgehead atoms. The van der Waals surface area contributed by atoms with Crippen molar-refractivity contribution in [3.8, 4) is 0 Å². The van der Waals surface area contributed by atoms with Crippen LogP contribution in [0, 0.1) is 17.6 Å². The third-order valence-corrected chi connectivity index (χ3v) is 11.9. The maximum absolute atomic E-state index is 14.9. The first kappa shape index (κ1) is 47.3. The van der Waals surface area contributed by atoms with Gasteiger partial charge in [0.25, 0.3) is 0 Å². The summed E-state index contributed by atoms with van der Waals surface area (Å²) in [6.07, 6.45) is 2.43. The lowest BCUT2D eigenvalue weighted by molar-refractivity contribution is -0.163. The van der Waals surface area contributed by atoms with Gasteiger partial charge in [0.05, 0.1) is 6.10 Å². The van der Waals surface area contributed by atoms with Crippen LogP contribution in [-0.2, 0) is 53.8 Å². The molecule has 61 heavy (non-hydrogen) atoms. The fourth-order valence-electron chi connectivity index (χ4n) is 8.39. The van der Waals surface area contributed by atoms with Gasteiger partial charge >= 0.3 is 13.8 Å². The lowest BCUT2D eigenvalue weighted by Crippen LogP contribution is -2.63. The average Bonchev–Trinajstić information content (AvgIpc) is 3.79. The number of carbonyl (C=O) groups is 7. The van der Waals surface area contributed by atoms with Gasteiger partial charge in [0.1, 0.15) is 54.0 Å². The minimum atomic E-state index is -5.19. The average molecular weight is 881 g/mol. The van der Waals surface area contributed by atoms with E-state index in [-0.39, 0.29) is 37.4 Å². The Hall–Kier alpha value is -4.78. The molecule has 0 spiro atoms. The summed E-state index contributed by atoms with van der Waals surface area (Å²) in [5.74, 6) is -7.93. The van der Waals surface area contributed by atoms with E-state index in [0.29, 0.717) is 25.3 Å². The second-order valence-electron chi connectivity index (χ2n) is 16.3. The van der Waals surface area contributed by atoms with E-state index in [4.69, 9.17) is 9.26 Å². The summed E-state index contributed by atoms with van der Waals surface area (Å²) >= 11 is 0. The summed E-state index contributed by atoms with van der Waals surface area (Å²) in [6.45, 7) is 6.11. The van der Waals surface area contributed by atoms with Gasteiger partial charge < -0.3 is 45.2 Å². The molecule has 4 fully saturated rings. The van der Waals surface area contributed by atoms with E-state index in [9.17, 15) is 56.7 Å². The summed E-state index contributed by atoms with van der Waals surface area (Å²) < 4.78 is 51.4. The third-order valence-electron chi connectivity index (χ3n) is 11.3. The van der Waals surface area contributed by atoms with Crippen molar-refractivity contribution in [2.24, 2.45) is 5.92 Å². The number of hydrogen-bond donors (Lipinski definition) is 5. The van der Waals surface area contributed by atoms with Crippen molar-refractivity contribution < 1.29 is 66.0 Å². The molecule has 4 saturated heterocycles. The van der Waals surface area contributed by atoms with Crippen molar-refractivity contribution in [2.45, 2.75) is 134 Å². The molecule has 336 valence electrons. The van der Waals surface area contributed by atoms with Crippen molar-refractivity contribution in [3.05, 3.63) is 47.5 Å². The number of rotatable bonds is 11. The van der Waals surface area contributed by atoms with Crippen LogP contribution in [0.4, 0.5) is 8.78 Å². The number of esters is 1. The van der Waals surface area contributed by atoms with Crippen LogP contribution in [0.5, 0.6) is 0 Å². The normalized spacial score (nSPS) is 28.5. The molecule has 4 aliphatic heterocycles. The highest BCUT2D eigenvalue weighted by Gasteiger charge is 2.50. The number of hydrogen-bond acceptors (Lipinski definition) is 10. The molecule has 0 saturated carbocycles. The SMILES string of the molecule is CCCC/C=C/C(=O)N[C@@H](Cc1cc(F)cc(F)c1)C(=O)N[C@@H]1C(=O)N2C[C@H](OP(=O)(O)O)C[C@H]2C(=O)N2CCCC[C@H]2C(=O)N[C@@H](C)C(=O)N2C[C@@H](C)CC2C(=O)O[C@H]1C. The van der Waals surface area contributed by atoms with Crippen LogP contribution in [0.1, 0.15) is 84.6 Å². The van der Waals surface area contributed by atoms with Gasteiger partial charge in [-0.2, -0.15) is 0 Å².